The van der Waals surface area contributed by atoms with Gasteiger partial charge in [0, 0.05) is 0 Å². The Hall–Kier alpha value is -1.62. The van der Waals surface area contributed by atoms with E-state index in [1.54, 1.807) is 0 Å². The number of hydrogen-bond donors (Lipinski definition) is 3. The zero-order valence-electron chi connectivity index (χ0n) is 5.84. The first-order chi connectivity index (χ1) is 5.91. The quantitative estimate of drug-likeness (QED) is 0.299. The second kappa shape index (κ2) is 5.10. The van der Waals surface area contributed by atoms with Crippen LogP contribution in [-0.4, -0.2) is 20.3 Å². The summed E-state index contributed by atoms with van der Waals surface area (Å²) in [7, 11) is 0. The number of nitro groups is 2. The lowest BCUT2D eigenvalue weighted by atomic mass is 11.0. The minimum atomic E-state index is -0.926. The monoisotopic (exact) mass is 225 g/mol. The molecule has 0 unspecified atom stereocenters. The maximum Gasteiger partial charge on any atom is 0.236 e. The SMILES string of the molecule is O=[N+]([O-])NC(=S)NC(=S)N[N+](=O)[O-]. The maximum absolute atomic E-state index is 9.78. The molecule has 0 amide bonds. The number of nitrogens with zero attached hydrogens (tertiary/aromatic N) is 2. The molecule has 0 fully saturated rings. The van der Waals surface area contributed by atoms with Gasteiger partial charge in [0.15, 0.2) is 10.1 Å². The molecule has 0 heterocycles. The molecule has 0 saturated heterocycles. The molecular weight excluding hydrogens is 222 g/mol. The predicted octanol–water partition coefficient (Wildman–Crippen LogP) is -1.29. The highest BCUT2D eigenvalue weighted by atomic mass is 32.1. The molecule has 0 saturated carbocycles. The topological polar surface area (TPSA) is 122 Å². The molecule has 0 aromatic heterocycles. The molecule has 0 radical (unpaired) electrons. The van der Waals surface area contributed by atoms with Crippen molar-refractivity contribution in [2.75, 3.05) is 0 Å². The third kappa shape index (κ3) is 6.77. The van der Waals surface area contributed by atoms with E-state index in [2.05, 4.69) is 24.4 Å². The Bertz CT molecular complexity index is 239. The van der Waals surface area contributed by atoms with Gasteiger partial charge in [-0.3, -0.25) is 0 Å². The summed E-state index contributed by atoms with van der Waals surface area (Å²) in [5.41, 5.74) is 3.08. The number of hydrazine groups is 2. The van der Waals surface area contributed by atoms with Gasteiger partial charge in [-0.2, -0.15) is 0 Å². The molecule has 0 aliphatic heterocycles. The molecular formula is C2H3N5O4S2. The van der Waals surface area contributed by atoms with Crippen LogP contribution in [-0.2, 0) is 0 Å². The molecule has 0 atom stereocenters. The zero-order chi connectivity index (χ0) is 10.4. The summed E-state index contributed by atoms with van der Waals surface area (Å²) in [4.78, 5) is 19.6. The van der Waals surface area contributed by atoms with Crippen molar-refractivity contribution in [1.82, 2.24) is 16.2 Å². The highest BCUT2D eigenvalue weighted by Crippen LogP contribution is 1.70. The molecule has 0 aromatic rings. The third-order valence-corrected chi connectivity index (χ3v) is 0.999. The number of nitrogens with one attached hydrogen (secondary N) is 3. The normalized spacial score (nSPS) is 8.31. The van der Waals surface area contributed by atoms with Crippen molar-refractivity contribution in [1.29, 1.82) is 0 Å². The van der Waals surface area contributed by atoms with Gasteiger partial charge in [0.2, 0.25) is 10.2 Å². The second-order valence-electron chi connectivity index (χ2n) is 1.52. The summed E-state index contributed by atoms with van der Waals surface area (Å²) in [6, 6.07) is 0. The number of rotatable bonds is 2. The maximum atomic E-state index is 9.78. The van der Waals surface area contributed by atoms with Crippen LogP contribution in [0.3, 0.4) is 0 Å². The summed E-state index contributed by atoms with van der Waals surface area (Å²) >= 11 is 8.69. The van der Waals surface area contributed by atoms with Gasteiger partial charge in [-0.05, 0) is 24.4 Å². The highest BCUT2D eigenvalue weighted by molar-refractivity contribution is 7.81. The summed E-state index contributed by atoms with van der Waals surface area (Å²) < 4.78 is 0. The summed E-state index contributed by atoms with van der Waals surface area (Å²) in [6.45, 7) is 0. The van der Waals surface area contributed by atoms with Crippen LogP contribution in [0.2, 0.25) is 0 Å². The fraction of sp³-hybridized carbons (Fsp3) is 0. The van der Waals surface area contributed by atoms with E-state index in [0.29, 0.717) is 0 Å². The standard InChI is InChI=1S/C2H3N5O4S2/c8-6(9)4-1(12)3-2(13)5-7(10)11/h(H3,3,4,5,12,13). The van der Waals surface area contributed by atoms with Crippen molar-refractivity contribution in [3.05, 3.63) is 20.2 Å². The van der Waals surface area contributed by atoms with Crippen LogP contribution in [0, 0.1) is 20.2 Å². The summed E-state index contributed by atoms with van der Waals surface area (Å²) in [5, 5.41) is 18.8. The van der Waals surface area contributed by atoms with Gasteiger partial charge in [0.25, 0.3) is 0 Å². The van der Waals surface area contributed by atoms with Crippen LogP contribution >= 0.6 is 24.4 Å². The van der Waals surface area contributed by atoms with Gasteiger partial charge in [0.05, 0.1) is 0 Å². The Morgan fingerprint density at radius 1 is 1.00 bits per heavy atom. The van der Waals surface area contributed by atoms with Crippen molar-refractivity contribution in [3.63, 3.8) is 0 Å². The van der Waals surface area contributed by atoms with E-state index < -0.39 is 20.3 Å². The van der Waals surface area contributed by atoms with E-state index in [1.807, 2.05) is 5.32 Å². The van der Waals surface area contributed by atoms with E-state index >= 15 is 0 Å². The third-order valence-electron chi connectivity index (χ3n) is 0.613. The van der Waals surface area contributed by atoms with Gasteiger partial charge in [0.1, 0.15) is 0 Å². The lowest BCUT2D eigenvalue weighted by molar-refractivity contribution is -0.526. The first-order valence-corrected chi connectivity index (χ1v) is 3.40. The van der Waals surface area contributed by atoms with Crippen LogP contribution < -0.4 is 16.2 Å². The molecule has 0 rings (SSSR count). The Labute approximate surface area is 81.7 Å². The second-order valence-corrected chi connectivity index (χ2v) is 2.34. The van der Waals surface area contributed by atoms with Crippen LogP contribution in [0.1, 0.15) is 0 Å². The van der Waals surface area contributed by atoms with Crippen LogP contribution in [0.25, 0.3) is 0 Å². The zero-order valence-corrected chi connectivity index (χ0v) is 7.48. The lowest BCUT2D eigenvalue weighted by Gasteiger charge is -2.02. The van der Waals surface area contributed by atoms with Crippen molar-refractivity contribution in [2.24, 2.45) is 0 Å². The van der Waals surface area contributed by atoms with Crippen LogP contribution in [0.5, 0.6) is 0 Å². The van der Waals surface area contributed by atoms with E-state index in [9.17, 15) is 20.2 Å². The first kappa shape index (κ1) is 11.4. The molecule has 11 heteroatoms. The number of hydrogen-bond acceptors (Lipinski definition) is 6. The van der Waals surface area contributed by atoms with Crippen LogP contribution in [0.4, 0.5) is 0 Å². The molecule has 0 aliphatic rings. The summed E-state index contributed by atoms with van der Waals surface area (Å²) in [6.07, 6.45) is 0. The van der Waals surface area contributed by atoms with Gasteiger partial charge in [-0.25, -0.2) is 20.2 Å². The fourth-order valence-electron chi connectivity index (χ4n) is 0.325. The van der Waals surface area contributed by atoms with Gasteiger partial charge >= 0.3 is 0 Å². The van der Waals surface area contributed by atoms with Gasteiger partial charge in [-0.15, -0.1) is 0 Å². The lowest BCUT2D eigenvalue weighted by Crippen LogP contribution is -2.47. The van der Waals surface area contributed by atoms with E-state index in [0.717, 1.165) is 0 Å². The Kier molecular flexibility index (Phi) is 4.47. The average molecular weight is 225 g/mol. The van der Waals surface area contributed by atoms with Crippen molar-refractivity contribution >= 4 is 34.7 Å². The van der Waals surface area contributed by atoms with Gasteiger partial charge < -0.3 is 5.32 Å². The smallest absolute Gasteiger partial charge is 0.236 e. The summed E-state index contributed by atoms with van der Waals surface area (Å²) in [5.74, 6) is 0. The average Bonchev–Trinajstić information content (AvgIpc) is 1.80. The highest BCUT2D eigenvalue weighted by Gasteiger charge is 2.07. The minimum absolute atomic E-state index is 0.440. The van der Waals surface area contributed by atoms with E-state index in [1.165, 1.54) is 10.9 Å². The molecule has 3 N–H and O–H groups in total. The molecule has 9 nitrogen and oxygen atoms in total. The minimum Gasteiger partial charge on any atom is -0.301 e. The Morgan fingerprint density at radius 3 is 1.54 bits per heavy atom. The molecule has 0 spiro atoms. The first-order valence-electron chi connectivity index (χ1n) is 2.59. The molecule has 13 heavy (non-hydrogen) atoms. The molecule has 0 bridgehead atoms. The van der Waals surface area contributed by atoms with Gasteiger partial charge in [-0.1, -0.05) is 10.9 Å². The van der Waals surface area contributed by atoms with Crippen molar-refractivity contribution in [2.45, 2.75) is 0 Å². The van der Waals surface area contributed by atoms with E-state index in [4.69, 9.17) is 0 Å². The fourth-order valence-corrected chi connectivity index (χ4v) is 0.743. The van der Waals surface area contributed by atoms with Crippen LogP contribution in [0.15, 0.2) is 0 Å². The largest absolute Gasteiger partial charge is 0.301 e. The predicted molar refractivity (Wildman–Crippen MR) is 48.6 cm³/mol. The Balaban J connectivity index is 3.85. The molecule has 72 valence electrons. The van der Waals surface area contributed by atoms with Crippen molar-refractivity contribution < 1.29 is 10.1 Å². The Morgan fingerprint density at radius 2 is 1.31 bits per heavy atom. The van der Waals surface area contributed by atoms with E-state index in [-0.39, 0.29) is 0 Å². The number of thiocarbonyl (C=S) groups is 2. The van der Waals surface area contributed by atoms with Crippen molar-refractivity contribution in [3.8, 4) is 0 Å². The molecule has 0 aliphatic carbocycles. The molecule has 0 aromatic carbocycles.